The second kappa shape index (κ2) is 2.38. The predicted molar refractivity (Wildman–Crippen MR) is 53.6 cm³/mol. The number of allylic oxidation sites excluding steroid dienone is 2. The summed E-state index contributed by atoms with van der Waals surface area (Å²) in [7, 11) is 0. The fourth-order valence-electron chi connectivity index (χ4n) is 2.70. The molecule has 0 bridgehead atoms. The molecular formula is C10H13BrO2. The van der Waals surface area contributed by atoms with E-state index in [2.05, 4.69) is 28.9 Å². The molecule has 0 spiro atoms. The van der Waals surface area contributed by atoms with Gasteiger partial charge in [0.2, 0.25) is 0 Å². The van der Waals surface area contributed by atoms with Gasteiger partial charge in [-0.25, -0.2) is 0 Å². The van der Waals surface area contributed by atoms with Crippen molar-refractivity contribution in [3.8, 4) is 0 Å². The van der Waals surface area contributed by atoms with Crippen molar-refractivity contribution < 1.29 is 9.90 Å². The maximum absolute atomic E-state index is 11.2. The van der Waals surface area contributed by atoms with Gasteiger partial charge in [-0.15, -0.1) is 0 Å². The summed E-state index contributed by atoms with van der Waals surface area (Å²) >= 11 is 3.47. The van der Waals surface area contributed by atoms with Crippen LogP contribution in [0.5, 0.6) is 0 Å². The molecule has 3 atom stereocenters. The molecule has 0 aromatic rings. The van der Waals surface area contributed by atoms with Crippen LogP contribution >= 0.6 is 15.9 Å². The number of hydrogen-bond donors (Lipinski definition) is 1. The van der Waals surface area contributed by atoms with Crippen LogP contribution in [0.2, 0.25) is 0 Å². The number of carboxylic acids is 1. The van der Waals surface area contributed by atoms with Gasteiger partial charge in [-0.05, 0) is 24.2 Å². The topological polar surface area (TPSA) is 37.3 Å². The van der Waals surface area contributed by atoms with E-state index < -0.39 is 11.4 Å². The zero-order valence-electron chi connectivity index (χ0n) is 7.80. The monoisotopic (exact) mass is 244 g/mol. The highest BCUT2D eigenvalue weighted by Gasteiger charge is 2.62. The Morgan fingerprint density at radius 3 is 2.69 bits per heavy atom. The zero-order chi connectivity index (χ0) is 9.85. The van der Waals surface area contributed by atoms with Gasteiger partial charge in [0, 0.05) is 11.3 Å². The van der Waals surface area contributed by atoms with Gasteiger partial charge in [0.1, 0.15) is 0 Å². The Hall–Kier alpha value is -0.310. The van der Waals surface area contributed by atoms with Crippen molar-refractivity contribution in [1.29, 1.82) is 0 Å². The molecule has 1 fully saturated rings. The van der Waals surface area contributed by atoms with Crippen molar-refractivity contribution in [2.75, 3.05) is 0 Å². The number of aliphatic carboxylic acids is 1. The number of carboxylic acid groups (broad SMARTS) is 1. The smallest absolute Gasteiger partial charge is 0.310 e. The molecule has 2 nitrogen and oxygen atoms in total. The summed E-state index contributed by atoms with van der Waals surface area (Å²) in [6, 6.07) is 0. The molecule has 13 heavy (non-hydrogen) atoms. The van der Waals surface area contributed by atoms with Crippen molar-refractivity contribution >= 4 is 21.9 Å². The van der Waals surface area contributed by atoms with Crippen molar-refractivity contribution in [3.63, 3.8) is 0 Å². The van der Waals surface area contributed by atoms with Crippen LogP contribution in [0.15, 0.2) is 10.6 Å². The minimum absolute atomic E-state index is 0.127. The molecule has 0 saturated heterocycles. The van der Waals surface area contributed by atoms with E-state index in [0.717, 1.165) is 12.8 Å². The van der Waals surface area contributed by atoms with E-state index in [4.69, 9.17) is 0 Å². The van der Waals surface area contributed by atoms with Gasteiger partial charge in [0.05, 0.1) is 5.41 Å². The molecular weight excluding hydrogens is 232 g/mol. The van der Waals surface area contributed by atoms with Crippen LogP contribution in [0.4, 0.5) is 0 Å². The number of hydrogen-bond acceptors (Lipinski definition) is 1. The molecule has 2 rings (SSSR count). The second-order valence-electron chi connectivity index (χ2n) is 4.54. The van der Waals surface area contributed by atoms with Gasteiger partial charge < -0.3 is 5.11 Å². The van der Waals surface area contributed by atoms with Gasteiger partial charge in [-0.1, -0.05) is 28.9 Å². The molecule has 1 saturated carbocycles. The van der Waals surface area contributed by atoms with Crippen LogP contribution < -0.4 is 0 Å². The Morgan fingerprint density at radius 1 is 1.69 bits per heavy atom. The lowest BCUT2D eigenvalue weighted by Crippen LogP contribution is -2.45. The van der Waals surface area contributed by atoms with Crippen molar-refractivity contribution in [3.05, 3.63) is 10.6 Å². The van der Waals surface area contributed by atoms with E-state index >= 15 is 0 Å². The Balaban J connectivity index is 2.42. The van der Waals surface area contributed by atoms with E-state index in [1.165, 1.54) is 4.48 Å². The number of carbonyl (C=O) groups is 1. The van der Waals surface area contributed by atoms with Gasteiger partial charge in [-0.2, -0.15) is 0 Å². The van der Waals surface area contributed by atoms with Gasteiger partial charge in [0.15, 0.2) is 0 Å². The molecule has 0 aliphatic heterocycles. The minimum Gasteiger partial charge on any atom is -0.481 e. The molecule has 0 amide bonds. The maximum Gasteiger partial charge on any atom is 0.310 e. The molecule has 0 aromatic carbocycles. The van der Waals surface area contributed by atoms with Gasteiger partial charge in [-0.3, -0.25) is 4.79 Å². The van der Waals surface area contributed by atoms with Crippen molar-refractivity contribution in [1.82, 2.24) is 0 Å². The highest BCUT2D eigenvalue weighted by molar-refractivity contribution is 9.11. The summed E-state index contributed by atoms with van der Waals surface area (Å²) in [6.07, 6.45) is 3.85. The highest BCUT2D eigenvalue weighted by atomic mass is 79.9. The van der Waals surface area contributed by atoms with E-state index in [0.29, 0.717) is 5.92 Å². The molecule has 2 aliphatic carbocycles. The standard InChI is InChI=1S/C10H13BrO2/c1-9(8(12)13)4-3-6-7(11)5-10(6,9)2/h5-6H,3-4H2,1-2H3,(H,12,13)/t6-,9+,10-/m1/s1. The Bertz CT molecular complexity index is 310. The molecule has 0 aromatic heterocycles. The average molecular weight is 245 g/mol. The lowest BCUT2D eigenvalue weighted by molar-refractivity contribution is -0.153. The largest absolute Gasteiger partial charge is 0.481 e. The Labute approximate surface area is 86.1 Å². The van der Waals surface area contributed by atoms with E-state index in [9.17, 15) is 9.90 Å². The third-order valence-electron chi connectivity index (χ3n) is 4.09. The second-order valence-corrected chi connectivity index (χ2v) is 5.46. The lowest BCUT2D eigenvalue weighted by atomic mass is 9.59. The summed E-state index contributed by atoms with van der Waals surface area (Å²) in [5.74, 6) is -0.220. The molecule has 72 valence electrons. The van der Waals surface area contributed by atoms with E-state index in [1.807, 2.05) is 6.92 Å². The summed E-state index contributed by atoms with van der Waals surface area (Å²) in [6.45, 7) is 3.93. The molecule has 3 heteroatoms. The first-order chi connectivity index (χ1) is 5.92. The summed E-state index contributed by atoms with van der Waals surface area (Å²) in [5, 5.41) is 9.20. The zero-order valence-corrected chi connectivity index (χ0v) is 9.39. The van der Waals surface area contributed by atoms with Crippen LogP contribution in [-0.4, -0.2) is 11.1 Å². The highest BCUT2D eigenvalue weighted by Crippen LogP contribution is 2.66. The van der Waals surface area contributed by atoms with Crippen LogP contribution in [0.25, 0.3) is 0 Å². The van der Waals surface area contributed by atoms with Crippen molar-refractivity contribution in [2.45, 2.75) is 26.7 Å². The number of fused-ring (bicyclic) bond motifs is 1. The Morgan fingerprint density at radius 2 is 2.31 bits per heavy atom. The molecule has 1 N–H and O–H groups in total. The SMILES string of the molecule is C[C@@]1(C(=O)O)CC[C@@H]2C(Br)=C[C@]21C. The summed E-state index contributed by atoms with van der Waals surface area (Å²) in [4.78, 5) is 11.2. The number of halogens is 1. The van der Waals surface area contributed by atoms with Crippen LogP contribution in [0.1, 0.15) is 26.7 Å². The quantitative estimate of drug-likeness (QED) is 0.771. The number of rotatable bonds is 1. The molecule has 0 heterocycles. The van der Waals surface area contributed by atoms with Crippen molar-refractivity contribution in [2.24, 2.45) is 16.7 Å². The summed E-state index contributed by atoms with van der Waals surface area (Å²) < 4.78 is 1.19. The summed E-state index contributed by atoms with van der Waals surface area (Å²) in [5.41, 5.74) is -0.688. The first kappa shape index (κ1) is 9.25. The molecule has 0 unspecified atom stereocenters. The van der Waals surface area contributed by atoms with E-state index in [-0.39, 0.29) is 5.41 Å². The minimum atomic E-state index is -0.659. The maximum atomic E-state index is 11.2. The van der Waals surface area contributed by atoms with Gasteiger partial charge >= 0.3 is 5.97 Å². The van der Waals surface area contributed by atoms with Crippen LogP contribution in [0, 0.1) is 16.7 Å². The van der Waals surface area contributed by atoms with Crippen LogP contribution in [-0.2, 0) is 4.79 Å². The molecule has 2 aliphatic rings. The third kappa shape index (κ3) is 0.862. The third-order valence-corrected chi connectivity index (χ3v) is 4.87. The average Bonchev–Trinajstić information content (AvgIpc) is 2.22. The predicted octanol–water partition coefficient (Wildman–Crippen LogP) is 2.79. The van der Waals surface area contributed by atoms with E-state index in [1.54, 1.807) is 0 Å². The lowest BCUT2D eigenvalue weighted by Gasteiger charge is -2.46. The first-order valence-corrected chi connectivity index (χ1v) is 5.33. The molecule has 0 radical (unpaired) electrons. The van der Waals surface area contributed by atoms with Crippen LogP contribution in [0.3, 0.4) is 0 Å². The normalized spacial score (nSPS) is 47.9. The fourth-order valence-corrected chi connectivity index (χ4v) is 3.88. The van der Waals surface area contributed by atoms with Gasteiger partial charge in [0.25, 0.3) is 0 Å². The first-order valence-electron chi connectivity index (χ1n) is 4.53. The Kier molecular flexibility index (Phi) is 1.69. The fraction of sp³-hybridized carbons (Fsp3) is 0.700.